The van der Waals surface area contributed by atoms with E-state index in [9.17, 15) is 9.90 Å². The molecule has 1 aliphatic heterocycles. The monoisotopic (exact) mass is 230 g/mol. The van der Waals surface area contributed by atoms with Gasteiger partial charge < -0.3 is 14.6 Å². The van der Waals surface area contributed by atoms with Crippen molar-refractivity contribution in [3.63, 3.8) is 0 Å². The van der Waals surface area contributed by atoms with E-state index in [0.717, 1.165) is 6.42 Å². The minimum Gasteiger partial charge on any atom is -0.469 e. The highest BCUT2D eigenvalue weighted by molar-refractivity contribution is 5.74. The van der Waals surface area contributed by atoms with Crippen molar-refractivity contribution in [1.29, 1.82) is 0 Å². The standard InChI is InChI=1S/C12H22O4/c1-9(2)10(11(13)15-3)12(14)5-4-7-16-8-6-12/h9-10,14H,4-8H2,1-3H3. The van der Waals surface area contributed by atoms with E-state index < -0.39 is 11.5 Å². The van der Waals surface area contributed by atoms with E-state index in [4.69, 9.17) is 9.47 Å². The smallest absolute Gasteiger partial charge is 0.311 e. The van der Waals surface area contributed by atoms with Crippen molar-refractivity contribution in [2.45, 2.75) is 38.7 Å². The number of ether oxygens (including phenoxy) is 2. The molecular weight excluding hydrogens is 208 g/mol. The second kappa shape index (κ2) is 5.64. The molecule has 0 saturated carbocycles. The van der Waals surface area contributed by atoms with Gasteiger partial charge in [0.1, 0.15) is 0 Å². The summed E-state index contributed by atoms with van der Waals surface area (Å²) >= 11 is 0. The average Bonchev–Trinajstić information content (AvgIpc) is 2.43. The van der Waals surface area contributed by atoms with Gasteiger partial charge in [-0.15, -0.1) is 0 Å². The van der Waals surface area contributed by atoms with E-state index in [1.165, 1.54) is 7.11 Å². The Morgan fingerprint density at radius 1 is 1.38 bits per heavy atom. The zero-order chi connectivity index (χ0) is 12.2. The Bertz CT molecular complexity index is 229. The van der Waals surface area contributed by atoms with Gasteiger partial charge in [0, 0.05) is 19.6 Å². The van der Waals surface area contributed by atoms with Gasteiger partial charge >= 0.3 is 5.97 Å². The van der Waals surface area contributed by atoms with Crippen LogP contribution in [0, 0.1) is 11.8 Å². The van der Waals surface area contributed by atoms with Crippen LogP contribution in [0.5, 0.6) is 0 Å². The van der Waals surface area contributed by atoms with Gasteiger partial charge in [0.05, 0.1) is 18.6 Å². The third-order valence-electron chi connectivity index (χ3n) is 3.28. The molecule has 94 valence electrons. The molecule has 1 fully saturated rings. The Hall–Kier alpha value is -0.610. The van der Waals surface area contributed by atoms with Gasteiger partial charge in [-0.2, -0.15) is 0 Å². The van der Waals surface area contributed by atoms with Crippen molar-refractivity contribution in [2.75, 3.05) is 20.3 Å². The molecular formula is C12H22O4. The SMILES string of the molecule is COC(=O)C(C(C)C)C1(O)CCCOCC1. The Balaban J connectivity index is 2.85. The van der Waals surface area contributed by atoms with Gasteiger partial charge in [-0.05, 0) is 18.8 Å². The van der Waals surface area contributed by atoms with Crippen LogP contribution < -0.4 is 0 Å². The average molecular weight is 230 g/mol. The minimum atomic E-state index is -0.974. The molecule has 1 heterocycles. The van der Waals surface area contributed by atoms with Gasteiger partial charge in [0.2, 0.25) is 0 Å². The van der Waals surface area contributed by atoms with Crippen LogP contribution in [0.25, 0.3) is 0 Å². The van der Waals surface area contributed by atoms with Crippen LogP contribution in [0.15, 0.2) is 0 Å². The first-order chi connectivity index (χ1) is 7.51. The second-order valence-electron chi connectivity index (χ2n) is 4.81. The maximum absolute atomic E-state index is 11.7. The molecule has 16 heavy (non-hydrogen) atoms. The summed E-state index contributed by atoms with van der Waals surface area (Å²) in [4.78, 5) is 11.7. The number of aliphatic hydroxyl groups is 1. The Morgan fingerprint density at radius 2 is 2.06 bits per heavy atom. The molecule has 1 rings (SSSR count). The molecule has 0 aromatic carbocycles. The maximum atomic E-state index is 11.7. The Labute approximate surface area is 96.9 Å². The number of rotatable bonds is 3. The maximum Gasteiger partial charge on any atom is 0.311 e. The van der Waals surface area contributed by atoms with Crippen LogP contribution in [0.4, 0.5) is 0 Å². The van der Waals surface area contributed by atoms with Crippen molar-refractivity contribution >= 4 is 5.97 Å². The van der Waals surface area contributed by atoms with Crippen molar-refractivity contribution in [1.82, 2.24) is 0 Å². The molecule has 0 spiro atoms. The molecule has 1 saturated heterocycles. The van der Waals surface area contributed by atoms with Crippen molar-refractivity contribution < 1.29 is 19.4 Å². The molecule has 0 aliphatic carbocycles. The van der Waals surface area contributed by atoms with Crippen LogP contribution in [0.2, 0.25) is 0 Å². The lowest BCUT2D eigenvalue weighted by Crippen LogP contribution is -2.46. The van der Waals surface area contributed by atoms with Crippen molar-refractivity contribution in [2.24, 2.45) is 11.8 Å². The zero-order valence-electron chi connectivity index (χ0n) is 10.4. The van der Waals surface area contributed by atoms with Gasteiger partial charge in [-0.3, -0.25) is 4.79 Å². The summed E-state index contributed by atoms with van der Waals surface area (Å²) in [5, 5.41) is 10.6. The van der Waals surface area contributed by atoms with Crippen LogP contribution in [0.3, 0.4) is 0 Å². The highest BCUT2D eigenvalue weighted by Gasteiger charge is 2.44. The molecule has 0 aromatic heterocycles. The molecule has 4 nitrogen and oxygen atoms in total. The second-order valence-corrected chi connectivity index (χ2v) is 4.81. The zero-order valence-corrected chi connectivity index (χ0v) is 10.4. The van der Waals surface area contributed by atoms with E-state index in [1.807, 2.05) is 13.8 Å². The minimum absolute atomic E-state index is 0.0653. The first-order valence-electron chi connectivity index (χ1n) is 5.89. The molecule has 0 bridgehead atoms. The number of hydrogen-bond acceptors (Lipinski definition) is 4. The first kappa shape index (κ1) is 13.5. The van der Waals surface area contributed by atoms with E-state index in [0.29, 0.717) is 26.1 Å². The largest absolute Gasteiger partial charge is 0.469 e. The van der Waals surface area contributed by atoms with Gasteiger partial charge in [-0.25, -0.2) is 0 Å². The van der Waals surface area contributed by atoms with E-state index in [-0.39, 0.29) is 11.9 Å². The fourth-order valence-corrected chi connectivity index (χ4v) is 2.51. The summed E-state index contributed by atoms with van der Waals surface area (Å²) in [6, 6.07) is 0. The molecule has 0 aromatic rings. The van der Waals surface area contributed by atoms with Crippen LogP contribution in [0.1, 0.15) is 33.1 Å². The normalized spacial score (nSPS) is 28.6. The highest BCUT2D eigenvalue weighted by Crippen LogP contribution is 2.34. The number of methoxy groups -OCH3 is 1. The molecule has 2 atom stereocenters. The summed E-state index contributed by atoms with van der Waals surface area (Å²) in [6.07, 6.45) is 1.90. The number of carbonyl (C=O) groups excluding carboxylic acids is 1. The summed E-state index contributed by atoms with van der Waals surface area (Å²) in [5.74, 6) is -0.714. The lowest BCUT2D eigenvalue weighted by Gasteiger charge is -2.35. The van der Waals surface area contributed by atoms with E-state index in [1.54, 1.807) is 0 Å². The predicted molar refractivity (Wildman–Crippen MR) is 60.0 cm³/mol. The molecule has 2 unspecified atom stereocenters. The third-order valence-corrected chi connectivity index (χ3v) is 3.28. The molecule has 4 heteroatoms. The number of esters is 1. The van der Waals surface area contributed by atoms with E-state index in [2.05, 4.69) is 0 Å². The quantitative estimate of drug-likeness (QED) is 0.744. The van der Waals surface area contributed by atoms with E-state index >= 15 is 0 Å². The molecule has 1 N–H and O–H groups in total. The van der Waals surface area contributed by atoms with Crippen LogP contribution in [-0.2, 0) is 14.3 Å². The fraction of sp³-hybridized carbons (Fsp3) is 0.917. The molecule has 0 amide bonds. The summed E-state index contributed by atoms with van der Waals surface area (Å²) in [5.41, 5.74) is -0.974. The summed E-state index contributed by atoms with van der Waals surface area (Å²) in [6.45, 7) is 5.04. The predicted octanol–water partition coefficient (Wildman–Crippen LogP) is 1.36. The fourth-order valence-electron chi connectivity index (χ4n) is 2.51. The summed E-state index contributed by atoms with van der Waals surface area (Å²) < 4.78 is 10.1. The van der Waals surface area contributed by atoms with Crippen LogP contribution >= 0.6 is 0 Å². The third kappa shape index (κ3) is 2.95. The summed E-state index contributed by atoms with van der Waals surface area (Å²) in [7, 11) is 1.37. The lowest BCUT2D eigenvalue weighted by molar-refractivity contribution is -0.160. The number of hydrogen-bond donors (Lipinski definition) is 1. The van der Waals surface area contributed by atoms with Gasteiger partial charge in [0.25, 0.3) is 0 Å². The Kier molecular flexibility index (Phi) is 4.74. The number of carbonyl (C=O) groups is 1. The van der Waals surface area contributed by atoms with Gasteiger partial charge in [-0.1, -0.05) is 13.8 Å². The lowest BCUT2D eigenvalue weighted by atomic mass is 9.75. The Morgan fingerprint density at radius 3 is 2.62 bits per heavy atom. The highest BCUT2D eigenvalue weighted by atomic mass is 16.5. The first-order valence-corrected chi connectivity index (χ1v) is 5.89. The molecule has 1 aliphatic rings. The molecule has 0 radical (unpaired) electrons. The topological polar surface area (TPSA) is 55.8 Å². The van der Waals surface area contributed by atoms with Gasteiger partial charge in [0.15, 0.2) is 0 Å². The van der Waals surface area contributed by atoms with Crippen molar-refractivity contribution in [3.05, 3.63) is 0 Å². The van der Waals surface area contributed by atoms with Crippen molar-refractivity contribution in [3.8, 4) is 0 Å². The van der Waals surface area contributed by atoms with Crippen LogP contribution in [-0.4, -0.2) is 37.0 Å².